The van der Waals surface area contributed by atoms with Crippen molar-refractivity contribution in [3.05, 3.63) is 11.7 Å². The molecule has 6 heteroatoms. The number of nitrogens with one attached hydrogen (secondary N) is 1. The molecule has 1 N–H and O–H groups in total. The van der Waals surface area contributed by atoms with Crippen molar-refractivity contribution >= 4 is 11.8 Å². The summed E-state index contributed by atoms with van der Waals surface area (Å²) in [4.78, 5) is 6.56. The molecule has 5 nitrogen and oxygen atoms in total. The lowest BCUT2D eigenvalue weighted by Crippen LogP contribution is -2.34. The van der Waals surface area contributed by atoms with Crippen LogP contribution in [0.4, 0.5) is 0 Å². The molecule has 0 bridgehead atoms. The van der Waals surface area contributed by atoms with Crippen molar-refractivity contribution in [1.29, 1.82) is 0 Å². The Balaban J connectivity index is 1.98. The van der Waals surface area contributed by atoms with Crippen LogP contribution in [-0.2, 0) is 6.54 Å². The number of hydrogen-bond acceptors (Lipinski definition) is 6. The Bertz CT molecular complexity index is 369. The van der Waals surface area contributed by atoms with Crippen molar-refractivity contribution in [1.82, 2.24) is 20.4 Å². The second-order valence-corrected chi connectivity index (χ2v) is 6.07. The van der Waals surface area contributed by atoms with E-state index in [9.17, 15) is 0 Å². The molecule has 2 unspecified atom stereocenters. The molecule has 0 spiro atoms. The van der Waals surface area contributed by atoms with E-state index >= 15 is 0 Å². The molecule has 0 radical (unpaired) electrons. The minimum atomic E-state index is 0.366. The van der Waals surface area contributed by atoms with Crippen molar-refractivity contribution in [2.24, 2.45) is 0 Å². The fraction of sp³-hybridized carbons (Fsp3) is 0.833. The van der Waals surface area contributed by atoms with Gasteiger partial charge in [-0.25, -0.2) is 0 Å². The first-order chi connectivity index (χ1) is 8.70. The van der Waals surface area contributed by atoms with Gasteiger partial charge in [-0.2, -0.15) is 16.7 Å². The molecule has 0 aromatic carbocycles. The highest BCUT2D eigenvalue weighted by molar-refractivity contribution is 7.99. The summed E-state index contributed by atoms with van der Waals surface area (Å²) in [5, 5.41) is 7.62. The molecule has 2 rings (SSSR count). The Morgan fingerprint density at radius 3 is 3.00 bits per heavy atom. The number of aromatic nitrogens is 2. The standard InChI is InChI=1S/C12H22N4OS/c1-4-5-13-10-8-18-7-9(10)12-14-11(15-17-12)6-16(2)3/h9-10,13H,4-8H2,1-3H3. The van der Waals surface area contributed by atoms with Crippen LogP contribution in [0.2, 0.25) is 0 Å². The Kier molecular flexibility index (Phi) is 5.03. The zero-order valence-electron chi connectivity index (χ0n) is 11.3. The SMILES string of the molecule is CCCNC1CSCC1c1nc(CN(C)C)no1. The summed E-state index contributed by atoms with van der Waals surface area (Å²) >= 11 is 1.96. The fourth-order valence-corrected chi connectivity index (χ4v) is 3.46. The number of nitrogens with zero attached hydrogens (tertiary/aromatic N) is 3. The molecule has 1 aliphatic rings. The van der Waals surface area contributed by atoms with Gasteiger partial charge in [-0.1, -0.05) is 12.1 Å². The van der Waals surface area contributed by atoms with Gasteiger partial charge in [0.25, 0.3) is 0 Å². The molecular weight excluding hydrogens is 248 g/mol. The van der Waals surface area contributed by atoms with Gasteiger partial charge >= 0.3 is 0 Å². The van der Waals surface area contributed by atoms with E-state index in [1.54, 1.807) is 0 Å². The largest absolute Gasteiger partial charge is 0.339 e. The van der Waals surface area contributed by atoms with Crippen LogP contribution in [0.25, 0.3) is 0 Å². The number of rotatable bonds is 6. The molecule has 1 saturated heterocycles. The van der Waals surface area contributed by atoms with Gasteiger partial charge in [0.1, 0.15) is 0 Å². The monoisotopic (exact) mass is 270 g/mol. The molecule has 1 aromatic rings. The lowest BCUT2D eigenvalue weighted by Gasteiger charge is -2.16. The van der Waals surface area contributed by atoms with Crippen LogP contribution in [-0.4, -0.2) is 53.2 Å². The Morgan fingerprint density at radius 1 is 1.44 bits per heavy atom. The molecule has 1 aliphatic heterocycles. The topological polar surface area (TPSA) is 54.2 Å². The third kappa shape index (κ3) is 3.46. The molecule has 18 heavy (non-hydrogen) atoms. The maximum absolute atomic E-state index is 5.42. The maximum atomic E-state index is 5.42. The summed E-state index contributed by atoms with van der Waals surface area (Å²) in [6.07, 6.45) is 1.16. The first-order valence-corrected chi connectivity index (χ1v) is 7.64. The van der Waals surface area contributed by atoms with Gasteiger partial charge in [-0.3, -0.25) is 0 Å². The van der Waals surface area contributed by atoms with Crippen molar-refractivity contribution in [3.8, 4) is 0 Å². The first kappa shape index (κ1) is 13.8. The third-order valence-corrected chi connectivity index (χ3v) is 4.19. The van der Waals surface area contributed by atoms with Crippen molar-refractivity contribution < 1.29 is 4.52 Å². The van der Waals surface area contributed by atoms with Crippen LogP contribution in [0.3, 0.4) is 0 Å². The molecular formula is C12H22N4OS. The van der Waals surface area contributed by atoms with Crippen LogP contribution in [0.5, 0.6) is 0 Å². The summed E-state index contributed by atoms with van der Waals surface area (Å²) in [7, 11) is 4.01. The van der Waals surface area contributed by atoms with Crippen LogP contribution >= 0.6 is 11.8 Å². The summed E-state index contributed by atoms with van der Waals surface area (Å²) in [5.41, 5.74) is 0. The zero-order valence-corrected chi connectivity index (χ0v) is 12.2. The van der Waals surface area contributed by atoms with Gasteiger partial charge < -0.3 is 14.7 Å². The minimum absolute atomic E-state index is 0.366. The predicted octanol–water partition coefficient (Wildman–Crippen LogP) is 1.33. The molecule has 0 saturated carbocycles. The van der Waals surface area contributed by atoms with Crippen LogP contribution in [0, 0.1) is 0 Å². The van der Waals surface area contributed by atoms with Crippen LogP contribution in [0.15, 0.2) is 4.52 Å². The smallest absolute Gasteiger partial charge is 0.232 e. The van der Waals surface area contributed by atoms with Gasteiger partial charge in [0, 0.05) is 17.5 Å². The highest BCUT2D eigenvalue weighted by atomic mass is 32.2. The van der Waals surface area contributed by atoms with Crippen LogP contribution in [0.1, 0.15) is 31.0 Å². The van der Waals surface area contributed by atoms with E-state index in [4.69, 9.17) is 4.52 Å². The van der Waals surface area contributed by atoms with Crippen molar-refractivity contribution in [3.63, 3.8) is 0 Å². The Hall–Kier alpha value is -0.590. The van der Waals surface area contributed by atoms with Crippen molar-refractivity contribution in [2.75, 3.05) is 32.1 Å². The summed E-state index contributed by atoms with van der Waals surface area (Å²) in [5.74, 6) is 4.15. The highest BCUT2D eigenvalue weighted by Crippen LogP contribution is 2.32. The molecule has 1 aromatic heterocycles. The molecule has 0 amide bonds. The van der Waals surface area contributed by atoms with E-state index in [0.29, 0.717) is 12.0 Å². The first-order valence-electron chi connectivity index (χ1n) is 6.49. The second-order valence-electron chi connectivity index (χ2n) is 4.99. The second kappa shape index (κ2) is 6.54. The quantitative estimate of drug-likeness (QED) is 0.841. The maximum Gasteiger partial charge on any atom is 0.232 e. The summed E-state index contributed by atoms with van der Waals surface area (Å²) in [6.45, 7) is 3.98. The van der Waals surface area contributed by atoms with Gasteiger partial charge in [0.05, 0.1) is 12.5 Å². The van der Waals surface area contributed by atoms with Gasteiger partial charge in [0.15, 0.2) is 5.82 Å². The molecule has 2 heterocycles. The van der Waals surface area contributed by atoms with Gasteiger partial charge in [-0.15, -0.1) is 0 Å². The lowest BCUT2D eigenvalue weighted by atomic mass is 10.0. The van der Waals surface area contributed by atoms with E-state index in [-0.39, 0.29) is 0 Å². The van der Waals surface area contributed by atoms with E-state index in [0.717, 1.165) is 42.7 Å². The lowest BCUT2D eigenvalue weighted by molar-refractivity contribution is 0.327. The van der Waals surface area contributed by atoms with Gasteiger partial charge in [0.2, 0.25) is 5.89 Å². The van der Waals surface area contributed by atoms with Crippen LogP contribution < -0.4 is 5.32 Å². The molecule has 102 valence electrons. The van der Waals surface area contributed by atoms with E-state index in [1.165, 1.54) is 0 Å². The minimum Gasteiger partial charge on any atom is -0.339 e. The third-order valence-electron chi connectivity index (χ3n) is 3.00. The number of hydrogen-bond donors (Lipinski definition) is 1. The normalized spacial score (nSPS) is 24.0. The fourth-order valence-electron chi connectivity index (χ4n) is 2.09. The predicted molar refractivity (Wildman–Crippen MR) is 73.8 cm³/mol. The molecule has 2 atom stereocenters. The van der Waals surface area contributed by atoms with Gasteiger partial charge in [-0.05, 0) is 27.1 Å². The molecule has 1 fully saturated rings. The summed E-state index contributed by atoms with van der Waals surface area (Å²) in [6, 6.07) is 0.475. The van der Waals surface area contributed by atoms with Crippen molar-refractivity contribution in [2.45, 2.75) is 31.8 Å². The zero-order chi connectivity index (χ0) is 13.0. The van der Waals surface area contributed by atoms with E-state index < -0.39 is 0 Å². The average Bonchev–Trinajstić information content (AvgIpc) is 2.93. The number of thioether (sulfide) groups is 1. The van der Waals surface area contributed by atoms with E-state index in [2.05, 4.69) is 22.4 Å². The Morgan fingerprint density at radius 2 is 2.28 bits per heavy atom. The Labute approximate surface area is 113 Å². The van der Waals surface area contributed by atoms with E-state index in [1.807, 2.05) is 30.8 Å². The average molecular weight is 270 g/mol. The molecule has 0 aliphatic carbocycles. The highest BCUT2D eigenvalue weighted by Gasteiger charge is 2.32. The summed E-state index contributed by atoms with van der Waals surface area (Å²) < 4.78 is 5.42.